The number of sulfonamides is 1. The van der Waals surface area contributed by atoms with Gasteiger partial charge in [0, 0.05) is 18.7 Å². The number of nitrogens with zero attached hydrogens (tertiary/aromatic N) is 2. The van der Waals surface area contributed by atoms with Gasteiger partial charge in [-0.1, -0.05) is 48.0 Å². The number of amidine groups is 1. The van der Waals surface area contributed by atoms with Crippen molar-refractivity contribution in [3.63, 3.8) is 0 Å². The third kappa shape index (κ3) is 5.54. The lowest BCUT2D eigenvalue weighted by Crippen LogP contribution is -2.41. The fraction of sp³-hybridized carbons (Fsp3) is 0.259. The largest absolute Gasteiger partial charge is 0.493 e. The zero-order valence-corrected chi connectivity index (χ0v) is 20.9. The number of carbonyl (C=O) groups excluding carboxylic acids is 1. The van der Waals surface area contributed by atoms with Gasteiger partial charge in [0.05, 0.1) is 18.7 Å². The standard InChI is InChI=1S/C27H29N3O4S/c1-19-13-14-24(21(3)17-19)34-16-8-15-30-26(18-27(31)29-22-10-5-4-9-20(22)2)28-23-11-6-7-12-25(23)35(30,32)33/h4-7,9-14,17H,8,15-16,18H2,1-3H3,(H,29,31). The van der Waals surface area contributed by atoms with Crippen molar-refractivity contribution in [1.82, 2.24) is 4.31 Å². The molecule has 0 atom stereocenters. The summed E-state index contributed by atoms with van der Waals surface area (Å²) in [6, 6.07) is 20.0. The number of hydrogen-bond acceptors (Lipinski definition) is 5. The van der Waals surface area contributed by atoms with Crippen molar-refractivity contribution >= 4 is 33.1 Å². The van der Waals surface area contributed by atoms with E-state index in [1.165, 1.54) is 10.4 Å². The highest BCUT2D eigenvalue weighted by atomic mass is 32.2. The van der Waals surface area contributed by atoms with E-state index in [9.17, 15) is 13.2 Å². The number of benzene rings is 3. The first kappa shape index (κ1) is 24.5. The van der Waals surface area contributed by atoms with Crippen LogP contribution >= 0.6 is 0 Å². The van der Waals surface area contributed by atoms with Crippen LogP contribution in [0.1, 0.15) is 29.5 Å². The molecule has 1 heterocycles. The maximum atomic E-state index is 13.4. The first-order valence-corrected chi connectivity index (χ1v) is 12.9. The number of aryl methyl sites for hydroxylation is 3. The van der Waals surface area contributed by atoms with Crippen molar-refractivity contribution in [3.05, 3.63) is 83.4 Å². The van der Waals surface area contributed by atoms with Gasteiger partial charge in [0.1, 0.15) is 16.5 Å². The van der Waals surface area contributed by atoms with Gasteiger partial charge in [-0.3, -0.25) is 9.10 Å². The number of ether oxygens (including phenoxy) is 1. The second-order valence-corrected chi connectivity index (χ2v) is 10.4. The summed E-state index contributed by atoms with van der Waals surface area (Å²) < 4.78 is 34.0. The summed E-state index contributed by atoms with van der Waals surface area (Å²) in [5.74, 6) is 0.638. The molecule has 0 aromatic heterocycles. The summed E-state index contributed by atoms with van der Waals surface area (Å²) in [4.78, 5) is 17.5. The van der Waals surface area contributed by atoms with Crippen LogP contribution < -0.4 is 10.1 Å². The summed E-state index contributed by atoms with van der Waals surface area (Å²) in [6.45, 7) is 6.38. The molecular weight excluding hydrogens is 462 g/mol. The van der Waals surface area contributed by atoms with Crippen LogP contribution in [0.25, 0.3) is 0 Å². The van der Waals surface area contributed by atoms with Crippen LogP contribution in [-0.2, 0) is 14.8 Å². The Morgan fingerprint density at radius 1 is 0.971 bits per heavy atom. The molecule has 0 unspecified atom stereocenters. The third-order valence-corrected chi connectivity index (χ3v) is 7.68. The second-order valence-electron chi connectivity index (χ2n) is 8.58. The Kier molecular flexibility index (Phi) is 7.21. The predicted octanol–water partition coefficient (Wildman–Crippen LogP) is 5.14. The highest BCUT2D eigenvalue weighted by Gasteiger charge is 2.34. The Labute approximate surface area is 206 Å². The van der Waals surface area contributed by atoms with E-state index >= 15 is 0 Å². The first-order chi connectivity index (χ1) is 16.8. The van der Waals surface area contributed by atoms with Crippen molar-refractivity contribution in [2.24, 2.45) is 4.99 Å². The zero-order chi connectivity index (χ0) is 25.0. The molecule has 1 amide bonds. The van der Waals surface area contributed by atoms with Gasteiger partial charge in [0.2, 0.25) is 5.91 Å². The van der Waals surface area contributed by atoms with Crippen LogP contribution in [0.4, 0.5) is 11.4 Å². The van der Waals surface area contributed by atoms with Gasteiger partial charge >= 0.3 is 0 Å². The molecule has 0 fully saturated rings. The van der Waals surface area contributed by atoms with E-state index in [0.29, 0.717) is 24.4 Å². The van der Waals surface area contributed by atoms with Crippen molar-refractivity contribution in [1.29, 1.82) is 0 Å². The summed E-state index contributed by atoms with van der Waals surface area (Å²) >= 11 is 0. The summed E-state index contributed by atoms with van der Waals surface area (Å²) in [7, 11) is -3.85. The molecule has 1 N–H and O–H groups in total. The van der Waals surface area contributed by atoms with Gasteiger partial charge in [-0.15, -0.1) is 0 Å². The van der Waals surface area contributed by atoms with Crippen LogP contribution in [-0.4, -0.2) is 37.6 Å². The van der Waals surface area contributed by atoms with Crippen LogP contribution in [0.5, 0.6) is 5.75 Å². The zero-order valence-electron chi connectivity index (χ0n) is 20.1. The molecule has 0 saturated heterocycles. The molecule has 1 aliphatic rings. The molecule has 182 valence electrons. The van der Waals surface area contributed by atoms with Gasteiger partial charge in [-0.25, -0.2) is 13.4 Å². The number of anilines is 1. The molecule has 4 rings (SSSR count). The quantitative estimate of drug-likeness (QED) is 0.442. The number of para-hydroxylation sites is 2. The molecule has 0 aliphatic carbocycles. The summed E-state index contributed by atoms with van der Waals surface area (Å²) in [6.07, 6.45) is 0.271. The minimum atomic E-state index is -3.85. The number of fused-ring (bicyclic) bond motifs is 1. The monoisotopic (exact) mass is 491 g/mol. The normalized spacial score (nSPS) is 14.1. The maximum Gasteiger partial charge on any atom is 0.267 e. The van der Waals surface area contributed by atoms with Crippen molar-refractivity contribution < 1.29 is 17.9 Å². The van der Waals surface area contributed by atoms with E-state index in [2.05, 4.69) is 10.3 Å². The number of nitrogens with one attached hydrogen (secondary N) is 1. The number of hydrogen-bond donors (Lipinski definition) is 1. The van der Waals surface area contributed by atoms with E-state index in [1.54, 1.807) is 18.2 Å². The molecule has 0 radical (unpaired) electrons. The first-order valence-electron chi connectivity index (χ1n) is 11.5. The minimum Gasteiger partial charge on any atom is -0.493 e. The lowest BCUT2D eigenvalue weighted by molar-refractivity contribution is -0.115. The summed E-state index contributed by atoms with van der Waals surface area (Å²) in [5, 5.41) is 2.86. The fourth-order valence-corrected chi connectivity index (χ4v) is 5.62. The van der Waals surface area contributed by atoms with Crippen LogP contribution in [0, 0.1) is 20.8 Å². The Hall–Kier alpha value is -3.65. The van der Waals surface area contributed by atoms with Gasteiger partial charge in [-0.2, -0.15) is 0 Å². The van der Waals surface area contributed by atoms with Gasteiger partial charge in [0.25, 0.3) is 10.0 Å². The van der Waals surface area contributed by atoms with Crippen molar-refractivity contribution in [3.8, 4) is 5.75 Å². The van der Waals surface area contributed by atoms with Crippen LogP contribution in [0.15, 0.2) is 76.6 Å². The summed E-state index contributed by atoms with van der Waals surface area (Å²) in [5.41, 5.74) is 4.13. The lowest BCUT2D eigenvalue weighted by Gasteiger charge is -2.29. The highest BCUT2D eigenvalue weighted by Crippen LogP contribution is 2.33. The average Bonchev–Trinajstić information content (AvgIpc) is 2.81. The molecule has 0 bridgehead atoms. The number of rotatable bonds is 8. The maximum absolute atomic E-state index is 13.4. The molecule has 7 nitrogen and oxygen atoms in total. The molecule has 0 spiro atoms. The van der Waals surface area contributed by atoms with E-state index in [4.69, 9.17) is 4.74 Å². The Morgan fingerprint density at radius 2 is 1.71 bits per heavy atom. The average molecular weight is 492 g/mol. The van der Waals surface area contributed by atoms with Gasteiger partial charge in [0.15, 0.2) is 0 Å². The van der Waals surface area contributed by atoms with Gasteiger partial charge < -0.3 is 10.1 Å². The van der Waals surface area contributed by atoms with E-state index in [-0.39, 0.29) is 29.6 Å². The second kappa shape index (κ2) is 10.3. The van der Waals surface area contributed by atoms with E-state index in [0.717, 1.165) is 22.4 Å². The van der Waals surface area contributed by atoms with Crippen molar-refractivity contribution in [2.45, 2.75) is 38.5 Å². The molecule has 1 aliphatic heterocycles. The Balaban J connectivity index is 1.51. The molecule has 35 heavy (non-hydrogen) atoms. The molecule has 0 saturated carbocycles. The number of carbonyl (C=O) groups is 1. The lowest BCUT2D eigenvalue weighted by atomic mass is 10.1. The van der Waals surface area contributed by atoms with Crippen LogP contribution in [0.3, 0.4) is 0 Å². The topological polar surface area (TPSA) is 88.1 Å². The molecular formula is C27H29N3O4S. The molecule has 3 aromatic carbocycles. The van der Waals surface area contributed by atoms with Crippen LogP contribution in [0.2, 0.25) is 0 Å². The minimum absolute atomic E-state index is 0.137. The smallest absolute Gasteiger partial charge is 0.267 e. The molecule has 3 aromatic rings. The Morgan fingerprint density at radius 3 is 2.49 bits per heavy atom. The fourth-order valence-electron chi connectivity index (χ4n) is 4.00. The third-order valence-electron chi connectivity index (χ3n) is 5.80. The highest BCUT2D eigenvalue weighted by molar-refractivity contribution is 7.90. The Bertz CT molecular complexity index is 1380. The molecule has 8 heteroatoms. The number of aliphatic imine (C=N–C) groups is 1. The predicted molar refractivity (Wildman–Crippen MR) is 138 cm³/mol. The van der Waals surface area contributed by atoms with Gasteiger partial charge in [-0.05, 0) is 56.2 Å². The SMILES string of the molecule is Cc1ccc(OCCCN2C(CC(=O)Nc3ccccc3C)=Nc3ccccc3S2(=O)=O)c(C)c1. The number of amides is 1. The van der Waals surface area contributed by atoms with E-state index < -0.39 is 10.0 Å². The van der Waals surface area contributed by atoms with E-state index in [1.807, 2.05) is 63.2 Å². The van der Waals surface area contributed by atoms with Crippen molar-refractivity contribution in [2.75, 3.05) is 18.5 Å².